The Morgan fingerprint density at radius 1 is 1.56 bits per heavy atom. The summed E-state index contributed by atoms with van der Waals surface area (Å²) >= 11 is 0. The third-order valence-electron chi connectivity index (χ3n) is 2.82. The molecule has 0 radical (unpaired) electrons. The molecule has 0 fully saturated rings. The Bertz CT molecular complexity index is 493. The molecule has 0 aliphatic carbocycles. The van der Waals surface area contributed by atoms with E-state index in [0.717, 1.165) is 11.1 Å². The molecule has 0 bridgehead atoms. The minimum atomic E-state index is -1.24. The lowest BCUT2D eigenvalue weighted by Crippen LogP contribution is -2.31. The standard InChI is InChI=1S/C14H16FNO2/c1-4-18-13(17)14(3,9-16)8-11-5-6-12(15)7-10(11)2/h5-7H,4,8H2,1-3H3. The van der Waals surface area contributed by atoms with Gasteiger partial charge < -0.3 is 4.74 Å². The van der Waals surface area contributed by atoms with Gasteiger partial charge in [-0.25, -0.2) is 4.39 Å². The molecule has 0 amide bonds. The first kappa shape index (κ1) is 14.2. The van der Waals surface area contributed by atoms with E-state index in [4.69, 9.17) is 10.00 Å². The maximum atomic E-state index is 13.0. The fraction of sp³-hybridized carbons (Fsp3) is 0.429. The van der Waals surface area contributed by atoms with Gasteiger partial charge in [0, 0.05) is 6.42 Å². The number of halogens is 1. The van der Waals surface area contributed by atoms with Crippen LogP contribution < -0.4 is 0 Å². The number of carbonyl (C=O) groups excluding carboxylic acids is 1. The van der Waals surface area contributed by atoms with Crippen LogP contribution in [0.25, 0.3) is 0 Å². The molecular formula is C14H16FNO2. The topological polar surface area (TPSA) is 50.1 Å². The predicted molar refractivity (Wildman–Crippen MR) is 65.2 cm³/mol. The molecule has 0 N–H and O–H groups in total. The van der Waals surface area contributed by atoms with Gasteiger partial charge in [-0.3, -0.25) is 4.79 Å². The molecule has 0 heterocycles. The highest BCUT2D eigenvalue weighted by Crippen LogP contribution is 2.25. The smallest absolute Gasteiger partial charge is 0.326 e. The van der Waals surface area contributed by atoms with E-state index in [1.165, 1.54) is 19.1 Å². The molecule has 0 spiro atoms. The molecule has 1 aromatic carbocycles. The highest BCUT2D eigenvalue weighted by atomic mass is 19.1. The van der Waals surface area contributed by atoms with E-state index in [-0.39, 0.29) is 18.8 Å². The van der Waals surface area contributed by atoms with Gasteiger partial charge in [-0.05, 0) is 44.0 Å². The molecule has 3 nitrogen and oxygen atoms in total. The lowest BCUT2D eigenvalue weighted by molar-refractivity contribution is -0.151. The molecule has 0 aromatic heterocycles. The van der Waals surface area contributed by atoms with E-state index in [0.29, 0.717) is 0 Å². The molecule has 1 unspecified atom stereocenters. The van der Waals surface area contributed by atoms with Crippen LogP contribution in [-0.4, -0.2) is 12.6 Å². The predicted octanol–water partition coefficient (Wildman–Crippen LogP) is 2.77. The summed E-state index contributed by atoms with van der Waals surface area (Å²) in [6, 6.07) is 6.29. The molecule has 0 saturated heterocycles. The summed E-state index contributed by atoms with van der Waals surface area (Å²) in [6.45, 7) is 5.21. The van der Waals surface area contributed by atoms with Crippen molar-refractivity contribution in [3.63, 3.8) is 0 Å². The van der Waals surface area contributed by atoms with E-state index in [1.54, 1.807) is 19.9 Å². The minimum Gasteiger partial charge on any atom is -0.465 e. The molecule has 0 saturated carbocycles. The SMILES string of the molecule is CCOC(=O)C(C)(C#N)Cc1ccc(F)cc1C. The lowest BCUT2D eigenvalue weighted by atomic mass is 9.84. The third-order valence-corrected chi connectivity index (χ3v) is 2.82. The van der Waals surface area contributed by atoms with Crippen LogP contribution in [0, 0.1) is 29.5 Å². The number of benzene rings is 1. The van der Waals surface area contributed by atoms with Crippen LogP contribution >= 0.6 is 0 Å². The number of ether oxygens (including phenoxy) is 1. The molecule has 0 aliphatic rings. The normalized spacial score (nSPS) is 13.5. The summed E-state index contributed by atoms with van der Waals surface area (Å²) in [6.07, 6.45) is 0.217. The second-order valence-electron chi connectivity index (χ2n) is 4.41. The van der Waals surface area contributed by atoms with Gasteiger partial charge in [0.1, 0.15) is 5.82 Å². The quantitative estimate of drug-likeness (QED) is 0.771. The summed E-state index contributed by atoms with van der Waals surface area (Å²) in [5.41, 5.74) is 0.257. The average molecular weight is 249 g/mol. The summed E-state index contributed by atoms with van der Waals surface area (Å²) in [4.78, 5) is 11.8. The van der Waals surface area contributed by atoms with E-state index >= 15 is 0 Å². The maximum Gasteiger partial charge on any atom is 0.326 e. The Labute approximate surface area is 106 Å². The average Bonchev–Trinajstić information content (AvgIpc) is 2.33. The van der Waals surface area contributed by atoms with Gasteiger partial charge in [0.2, 0.25) is 0 Å². The van der Waals surface area contributed by atoms with Gasteiger partial charge >= 0.3 is 5.97 Å². The van der Waals surface area contributed by atoms with Crippen LogP contribution in [0.15, 0.2) is 18.2 Å². The first-order valence-corrected chi connectivity index (χ1v) is 5.76. The fourth-order valence-corrected chi connectivity index (χ4v) is 1.69. The number of hydrogen-bond donors (Lipinski definition) is 0. The fourth-order valence-electron chi connectivity index (χ4n) is 1.69. The number of nitrogens with zero attached hydrogens (tertiary/aromatic N) is 1. The molecule has 1 aromatic rings. The van der Waals surface area contributed by atoms with Crippen molar-refractivity contribution in [2.45, 2.75) is 27.2 Å². The van der Waals surface area contributed by atoms with Crippen molar-refractivity contribution < 1.29 is 13.9 Å². The van der Waals surface area contributed by atoms with E-state index in [2.05, 4.69) is 0 Å². The van der Waals surface area contributed by atoms with Crippen molar-refractivity contribution in [3.05, 3.63) is 35.1 Å². The van der Waals surface area contributed by atoms with Gasteiger partial charge in [-0.15, -0.1) is 0 Å². The largest absolute Gasteiger partial charge is 0.465 e. The first-order valence-electron chi connectivity index (χ1n) is 5.76. The van der Waals surface area contributed by atoms with Gasteiger partial charge in [-0.2, -0.15) is 5.26 Å². The lowest BCUT2D eigenvalue weighted by Gasteiger charge is -2.20. The van der Waals surface area contributed by atoms with Crippen LogP contribution in [0.2, 0.25) is 0 Å². The Kier molecular flexibility index (Phi) is 4.43. The number of nitriles is 1. The molecular weight excluding hydrogens is 233 g/mol. The van der Waals surface area contributed by atoms with Gasteiger partial charge in [0.05, 0.1) is 12.7 Å². The second kappa shape index (κ2) is 5.63. The Hall–Kier alpha value is -1.89. The zero-order valence-corrected chi connectivity index (χ0v) is 10.8. The zero-order chi connectivity index (χ0) is 13.8. The van der Waals surface area contributed by atoms with Crippen molar-refractivity contribution in [2.24, 2.45) is 5.41 Å². The van der Waals surface area contributed by atoms with Gasteiger partial charge in [0.15, 0.2) is 5.41 Å². The Morgan fingerprint density at radius 3 is 2.72 bits per heavy atom. The Balaban J connectivity index is 2.99. The van der Waals surface area contributed by atoms with Gasteiger partial charge in [0.25, 0.3) is 0 Å². The highest BCUT2D eigenvalue weighted by Gasteiger charge is 2.35. The number of hydrogen-bond acceptors (Lipinski definition) is 3. The molecule has 0 aliphatic heterocycles. The van der Waals surface area contributed by atoms with Crippen molar-refractivity contribution >= 4 is 5.97 Å². The second-order valence-corrected chi connectivity index (χ2v) is 4.41. The van der Waals surface area contributed by atoms with Crippen molar-refractivity contribution in [1.82, 2.24) is 0 Å². The number of aryl methyl sites for hydroxylation is 1. The summed E-state index contributed by atoms with van der Waals surface area (Å²) in [7, 11) is 0. The van der Waals surface area contributed by atoms with E-state index in [9.17, 15) is 9.18 Å². The van der Waals surface area contributed by atoms with Crippen LogP contribution in [0.1, 0.15) is 25.0 Å². The van der Waals surface area contributed by atoms with Crippen LogP contribution in [0.4, 0.5) is 4.39 Å². The zero-order valence-electron chi connectivity index (χ0n) is 10.8. The van der Waals surface area contributed by atoms with Gasteiger partial charge in [-0.1, -0.05) is 6.07 Å². The monoisotopic (exact) mass is 249 g/mol. The van der Waals surface area contributed by atoms with Crippen molar-refractivity contribution in [2.75, 3.05) is 6.61 Å². The van der Waals surface area contributed by atoms with E-state index < -0.39 is 11.4 Å². The maximum absolute atomic E-state index is 13.0. The van der Waals surface area contributed by atoms with Crippen LogP contribution in [0.3, 0.4) is 0 Å². The highest BCUT2D eigenvalue weighted by molar-refractivity contribution is 5.80. The number of carbonyl (C=O) groups is 1. The van der Waals surface area contributed by atoms with E-state index in [1.807, 2.05) is 6.07 Å². The molecule has 4 heteroatoms. The number of rotatable bonds is 4. The van der Waals surface area contributed by atoms with Crippen molar-refractivity contribution in [3.8, 4) is 6.07 Å². The molecule has 18 heavy (non-hydrogen) atoms. The molecule has 1 rings (SSSR count). The first-order chi connectivity index (χ1) is 8.42. The summed E-state index contributed by atoms with van der Waals surface area (Å²) in [5, 5.41) is 9.16. The number of esters is 1. The van der Waals surface area contributed by atoms with Crippen LogP contribution in [-0.2, 0) is 16.0 Å². The Morgan fingerprint density at radius 2 is 2.22 bits per heavy atom. The minimum absolute atomic E-state index is 0.217. The third kappa shape index (κ3) is 3.07. The molecule has 96 valence electrons. The van der Waals surface area contributed by atoms with Crippen molar-refractivity contribution in [1.29, 1.82) is 5.26 Å². The summed E-state index contributed by atoms with van der Waals surface area (Å²) < 4.78 is 17.9. The van der Waals surface area contributed by atoms with Crippen LogP contribution in [0.5, 0.6) is 0 Å². The summed E-state index contributed by atoms with van der Waals surface area (Å²) in [5.74, 6) is -0.873. The molecule has 1 atom stereocenters.